The van der Waals surface area contributed by atoms with Crippen molar-refractivity contribution in [3.05, 3.63) is 29.8 Å². The quantitative estimate of drug-likeness (QED) is 0.730. The molecule has 0 spiro atoms. The van der Waals surface area contributed by atoms with Crippen LogP contribution < -0.4 is 11.1 Å². The molecule has 1 aromatic rings. The van der Waals surface area contributed by atoms with Crippen LogP contribution >= 0.6 is 0 Å². The van der Waals surface area contributed by atoms with Gasteiger partial charge in [0.2, 0.25) is 5.91 Å². The predicted octanol–water partition coefficient (Wildman–Crippen LogP) is 1.58. The van der Waals surface area contributed by atoms with Crippen molar-refractivity contribution >= 4 is 11.6 Å². The normalized spacial score (nSPS) is 27.2. The number of nitrogens with two attached hydrogens (primary N) is 1. The van der Waals surface area contributed by atoms with Crippen LogP contribution in [0.1, 0.15) is 37.7 Å². The first-order chi connectivity index (χ1) is 9.65. The number of aliphatic hydroxyl groups is 1. The van der Waals surface area contributed by atoms with Crippen molar-refractivity contribution in [2.24, 2.45) is 5.92 Å². The highest BCUT2D eigenvalue weighted by Crippen LogP contribution is 2.48. The number of benzene rings is 1. The van der Waals surface area contributed by atoms with Crippen molar-refractivity contribution in [2.75, 3.05) is 12.3 Å². The molecule has 20 heavy (non-hydrogen) atoms. The van der Waals surface area contributed by atoms with E-state index in [1.54, 1.807) is 0 Å². The van der Waals surface area contributed by atoms with Gasteiger partial charge in [-0.25, -0.2) is 0 Å². The summed E-state index contributed by atoms with van der Waals surface area (Å²) in [6.07, 6.45) is 4.88. The van der Waals surface area contributed by atoms with Crippen LogP contribution in [-0.4, -0.2) is 23.7 Å². The molecule has 0 aromatic heterocycles. The summed E-state index contributed by atoms with van der Waals surface area (Å²) in [5.41, 5.74) is 7.14. The molecule has 108 valence electrons. The summed E-state index contributed by atoms with van der Waals surface area (Å²) in [6.45, 7) is 0.166. The third kappa shape index (κ3) is 2.29. The molecule has 4 nitrogen and oxygen atoms in total. The highest BCUT2D eigenvalue weighted by molar-refractivity contribution is 5.91. The molecule has 0 saturated heterocycles. The van der Waals surface area contributed by atoms with Gasteiger partial charge in [0, 0.05) is 24.3 Å². The fraction of sp³-hybridized carbons (Fsp3) is 0.562. The third-order valence-corrected chi connectivity index (χ3v) is 4.86. The molecule has 0 aliphatic heterocycles. The van der Waals surface area contributed by atoms with E-state index in [9.17, 15) is 9.90 Å². The zero-order valence-electron chi connectivity index (χ0n) is 11.6. The number of nitrogen functional groups attached to an aromatic ring is 1. The van der Waals surface area contributed by atoms with E-state index in [0.29, 0.717) is 0 Å². The minimum atomic E-state index is -0.351. The van der Waals surface area contributed by atoms with E-state index >= 15 is 0 Å². The van der Waals surface area contributed by atoms with Crippen LogP contribution in [-0.2, 0) is 10.2 Å². The molecule has 0 radical (unpaired) electrons. The van der Waals surface area contributed by atoms with Crippen LogP contribution in [0.2, 0.25) is 0 Å². The van der Waals surface area contributed by atoms with Crippen LogP contribution in [0.25, 0.3) is 0 Å². The number of amides is 1. The van der Waals surface area contributed by atoms with E-state index in [-0.39, 0.29) is 29.9 Å². The van der Waals surface area contributed by atoms with Gasteiger partial charge in [0.1, 0.15) is 0 Å². The van der Waals surface area contributed by atoms with Gasteiger partial charge in [-0.15, -0.1) is 0 Å². The predicted molar refractivity (Wildman–Crippen MR) is 78.1 cm³/mol. The zero-order chi connectivity index (χ0) is 14.2. The van der Waals surface area contributed by atoms with Crippen LogP contribution in [0.4, 0.5) is 5.69 Å². The summed E-state index contributed by atoms with van der Waals surface area (Å²) in [5, 5.41) is 12.5. The molecule has 2 saturated carbocycles. The number of carbonyl (C=O) groups excluding carboxylic acids is 1. The maximum absolute atomic E-state index is 12.6. The Balaban J connectivity index is 1.72. The molecule has 4 heteroatoms. The summed E-state index contributed by atoms with van der Waals surface area (Å²) >= 11 is 0. The van der Waals surface area contributed by atoms with Crippen LogP contribution in [0.3, 0.4) is 0 Å². The van der Waals surface area contributed by atoms with E-state index in [2.05, 4.69) is 5.32 Å². The van der Waals surface area contributed by atoms with Crippen molar-refractivity contribution in [3.8, 4) is 0 Å². The summed E-state index contributed by atoms with van der Waals surface area (Å²) in [6, 6.07) is 7.77. The summed E-state index contributed by atoms with van der Waals surface area (Å²) in [5.74, 6) is 0.341. The first kappa shape index (κ1) is 13.4. The molecular weight excluding hydrogens is 252 g/mol. The smallest absolute Gasteiger partial charge is 0.230 e. The Morgan fingerprint density at radius 3 is 2.60 bits per heavy atom. The highest BCUT2D eigenvalue weighted by Gasteiger charge is 2.52. The molecule has 3 rings (SSSR count). The van der Waals surface area contributed by atoms with Crippen LogP contribution in [0, 0.1) is 5.92 Å². The Hall–Kier alpha value is -1.55. The second-order valence-corrected chi connectivity index (χ2v) is 6.16. The highest BCUT2D eigenvalue weighted by atomic mass is 16.3. The average molecular weight is 274 g/mol. The number of aliphatic hydroxyl groups excluding tert-OH is 1. The number of rotatable bonds is 4. The van der Waals surface area contributed by atoms with Gasteiger partial charge in [0.25, 0.3) is 0 Å². The van der Waals surface area contributed by atoms with Gasteiger partial charge >= 0.3 is 0 Å². The van der Waals surface area contributed by atoms with Crippen molar-refractivity contribution in [3.63, 3.8) is 0 Å². The molecule has 2 aliphatic carbocycles. The molecule has 2 unspecified atom stereocenters. The fourth-order valence-electron chi connectivity index (χ4n) is 3.33. The molecule has 2 aliphatic rings. The number of nitrogens with one attached hydrogen (secondary N) is 1. The van der Waals surface area contributed by atoms with Crippen molar-refractivity contribution in [1.29, 1.82) is 0 Å². The molecule has 1 amide bonds. The number of hydrogen-bond donors (Lipinski definition) is 3. The van der Waals surface area contributed by atoms with Gasteiger partial charge in [0.15, 0.2) is 0 Å². The van der Waals surface area contributed by atoms with Gasteiger partial charge in [-0.1, -0.05) is 18.6 Å². The first-order valence-corrected chi connectivity index (χ1v) is 7.43. The molecule has 2 atom stereocenters. The largest absolute Gasteiger partial charge is 0.399 e. The molecule has 1 aromatic carbocycles. The topological polar surface area (TPSA) is 75.4 Å². The van der Waals surface area contributed by atoms with E-state index in [1.165, 1.54) is 0 Å². The van der Waals surface area contributed by atoms with Crippen LogP contribution in [0.5, 0.6) is 0 Å². The second kappa shape index (κ2) is 5.09. The number of hydrogen-bond acceptors (Lipinski definition) is 3. The fourth-order valence-corrected chi connectivity index (χ4v) is 3.33. The lowest BCUT2D eigenvalue weighted by atomic mass is 9.93. The lowest BCUT2D eigenvalue weighted by Gasteiger charge is -2.23. The van der Waals surface area contributed by atoms with Gasteiger partial charge in [-0.3, -0.25) is 4.79 Å². The molecule has 2 fully saturated rings. The van der Waals surface area contributed by atoms with Crippen LogP contribution in [0.15, 0.2) is 24.3 Å². The summed E-state index contributed by atoms with van der Waals surface area (Å²) in [7, 11) is 0. The standard InChI is InChI=1S/C16H22N2O2/c17-13-6-4-12(5-7-13)16(8-9-16)15(20)18-14-3-1-2-11(14)10-19/h4-7,11,14,19H,1-3,8-10,17H2,(H,18,20). The van der Waals surface area contributed by atoms with E-state index in [0.717, 1.165) is 43.4 Å². The van der Waals surface area contributed by atoms with E-state index in [1.807, 2.05) is 24.3 Å². The second-order valence-electron chi connectivity index (χ2n) is 6.16. The first-order valence-electron chi connectivity index (χ1n) is 7.43. The summed E-state index contributed by atoms with van der Waals surface area (Å²) in [4.78, 5) is 12.6. The molecule has 4 N–H and O–H groups in total. The Morgan fingerprint density at radius 2 is 2.00 bits per heavy atom. The summed E-state index contributed by atoms with van der Waals surface area (Å²) < 4.78 is 0. The zero-order valence-corrected chi connectivity index (χ0v) is 11.6. The Morgan fingerprint density at radius 1 is 1.30 bits per heavy atom. The SMILES string of the molecule is Nc1ccc(C2(C(=O)NC3CCCC3CO)CC2)cc1. The minimum Gasteiger partial charge on any atom is -0.399 e. The van der Waals surface area contributed by atoms with Crippen molar-refractivity contribution in [2.45, 2.75) is 43.6 Å². The van der Waals surface area contributed by atoms with Gasteiger partial charge in [0.05, 0.1) is 5.41 Å². The lowest BCUT2D eigenvalue weighted by molar-refractivity contribution is -0.124. The maximum Gasteiger partial charge on any atom is 0.230 e. The van der Waals surface area contributed by atoms with Crippen molar-refractivity contribution < 1.29 is 9.90 Å². The van der Waals surface area contributed by atoms with Gasteiger partial charge in [-0.2, -0.15) is 0 Å². The van der Waals surface area contributed by atoms with Crippen molar-refractivity contribution in [1.82, 2.24) is 5.32 Å². The van der Waals surface area contributed by atoms with Gasteiger partial charge < -0.3 is 16.2 Å². The monoisotopic (exact) mass is 274 g/mol. The minimum absolute atomic E-state index is 0.118. The molecule has 0 bridgehead atoms. The average Bonchev–Trinajstić information content (AvgIpc) is 3.15. The maximum atomic E-state index is 12.6. The number of anilines is 1. The lowest BCUT2D eigenvalue weighted by Crippen LogP contribution is -2.44. The molecule has 0 heterocycles. The molecular formula is C16H22N2O2. The Bertz CT molecular complexity index is 494. The van der Waals surface area contributed by atoms with E-state index in [4.69, 9.17) is 5.73 Å². The Labute approximate surface area is 119 Å². The third-order valence-electron chi connectivity index (χ3n) is 4.86. The number of carbonyl (C=O) groups is 1. The van der Waals surface area contributed by atoms with E-state index < -0.39 is 0 Å². The van der Waals surface area contributed by atoms with Gasteiger partial charge in [-0.05, 0) is 43.4 Å². The Kier molecular flexibility index (Phi) is 3.42.